The lowest BCUT2D eigenvalue weighted by molar-refractivity contribution is -0.116. The highest BCUT2D eigenvalue weighted by Gasteiger charge is 2.05. The van der Waals surface area contributed by atoms with Crippen LogP contribution in [0.2, 0.25) is 0 Å². The molecule has 110 valence electrons. The molecule has 1 aromatic rings. The zero-order valence-electron chi connectivity index (χ0n) is 12.4. The average Bonchev–Trinajstić information content (AvgIpc) is 2.46. The molecule has 0 bridgehead atoms. The number of hydrogen-bond donors (Lipinski definition) is 1. The maximum Gasteiger partial charge on any atom is 0.247 e. The van der Waals surface area contributed by atoms with Gasteiger partial charge in [0.1, 0.15) is 0 Å². The smallest absolute Gasteiger partial charge is 0.247 e. The summed E-state index contributed by atoms with van der Waals surface area (Å²) in [4.78, 5) is 11.5. The van der Waals surface area contributed by atoms with Crippen molar-refractivity contribution in [2.75, 3.05) is 27.9 Å². The minimum atomic E-state index is -0.162. The van der Waals surface area contributed by atoms with Crippen molar-refractivity contribution in [3.8, 4) is 11.5 Å². The van der Waals surface area contributed by atoms with Gasteiger partial charge in [-0.15, -0.1) is 0 Å². The first kappa shape index (κ1) is 15.9. The van der Waals surface area contributed by atoms with Crippen molar-refractivity contribution in [3.63, 3.8) is 0 Å². The second-order valence-electron chi connectivity index (χ2n) is 4.19. The van der Waals surface area contributed by atoms with Crippen molar-refractivity contribution >= 4 is 5.91 Å². The Morgan fingerprint density at radius 1 is 1.20 bits per heavy atom. The van der Waals surface area contributed by atoms with E-state index in [1.807, 2.05) is 18.2 Å². The Hall–Kier alpha value is -2.17. The number of carbonyl (C=O) groups is 1. The topological polar surface area (TPSA) is 56.8 Å². The number of hydrogen-bond acceptors (Lipinski definition) is 4. The lowest BCUT2D eigenvalue weighted by atomic mass is 10.1. The largest absolute Gasteiger partial charge is 0.501 e. The monoisotopic (exact) mass is 279 g/mol. The van der Waals surface area contributed by atoms with Crippen molar-refractivity contribution in [3.05, 3.63) is 35.6 Å². The van der Waals surface area contributed by atoms with Crippen LogP contribution in [0.5, 0.6) is 11.5 Å². The van der Waals surface area contributed by atoms with E-state index in [4.69, 9.17) is 14.2 Å². The number of carbonyl (C=O) groups excluding carboxylic acids is 1. The SMILES string of the molecule is COC(C)=CC(=O)NCCc1ccc(OC)c(OC)c1. The van der Waals surface area contributed by atoms with E-state index in [2.05, 4.69) is 5.32 Å². The number of methoxy groups -OCH3 is 3. The van der Waals surface area contributed by atoms with Gasteiger partial charge in [-0.3, -0.25) is 4.79 Å². The Labute approximate surface area is 119 Å². The Morgan fingerprint density at radius 2 is 1.90 bits per heavy atom. The van der Waals surface area contributed by atoms with Gasteiger partial charge >= 0.3 is 0 Å². The van der Waals surface area contributed by atoms with Crippen LogP contribution in [0, 0.1) is 0 Å². The fourth-order valence-corrected chi connectivity index (χ4v) is 1.66. The van der Waals surface area contributed by atoms with Gasteiger partial charge in [0.25, 0.3) is 0 Å². The molecule has 0 spiro atoms. The molecule has 0 fully saturated rings. The van der Waals surface area contributed by atoms with E-state index < -0.39 is 0 Å². The number of rotatable bonds is 7. The fourth-order valence-electron chi connectivity index (χ4n) is 1.66. The maximum atomic E-state index is 11.5. The summed E-state index contributed by atoms with van der Waals surface area (Å²) < 4.78 is 15.3. The highest BCUT2D eigenvalue weighted by atomic mass is 16.5. The van der Waals surface area contributed by atoms with Gasteiger partial charge in [0.05, 0.1) is 27.1 Å². The highest BCUT2D eigenvalue weighted by Crippen LogP contribution is 2.27. The lowest BCUT2D eigenvalue weighted by Gasteiger charge is -2.09. The van der Waals surface area contributed by atoms with Gasteiger partial charge in [-0.25, -0.2) is 0 Å². The Bertz CT molecular complexity index is 483. The number of nitrogens with one attached hydrogen (secondary N) is 1. The first-order valence-corrected chi connectivity index (χ1v) is 6.31. The molecule has 0 aliphatic rings. The van der Waals surface area contributed by atoms with Crippen LogP contribution in [-0.4, -0.2) is 33.8 Å². The summed E-state index contributed by atoms with van der Waals surface area (Å²) in [5.41, 5.74) is 1.07. The molecule has 0 aliphatic heterocycles. The molecule has 1 aromatic carbocycles. The Balaban J connectivity index is 2.52. The summed E-state index contributed by atoms with van der Waals surface area (Å²) in [6.45, 7) is 2.27. The molecule has 1 amide bonds. The van der Waals surface area contributed by atoms with Crippen LogP contribution >= 0.6 is 0 Å². The van der Waals surface area contributed by atoms with Crippen LogP contribution in [0.1, 0.15) is 12.5 Å². The van der Waals surface area contributed by atoms with Crippen LogP contribution in [0.25, 0.3) is 0 Å². The fraction of sp³-hybridized carbons (Fsp3) is 0.400. The third-order valence-electron chi connectivity index (χ3n) is 2.82. The van der Waals surface area contributed by atoms with Crippen LogP contribution in [0.15, 0.2) is 30.0 Å². The van der Waals surface area contributed by atoms with E-state index in [-0.39, 0.29) is 5.91 Å². The Morgan fingerprint density at radius 3 is 2.50 bits per heavy atom. The Kier molecular flexibility index (Phi) is 6.43. The van der Waals surface area contributed by atoms with Gasteiger partial charge < -0.3 is 19.5 Å². The summed E-state index contributed by atoms with van der Waals surface area (Å²) >= 11 is 0. The molecule has 0 saturated carbocycles. The lowest BCUT2D eigenvalue weighted by Crippen LogP contribution is -2.24. The quantitative estimate of drug-likeness (QED) is 0.612. The van der Waals surface area contributed by atoms with Crippen molar-refractivity contribution in [1.82, 2.24) is 5.32 Å². The third kappa shape index (κ3) is 4.84. The summed E-state index contributed by atoms with van der Waals surface area (Å²) in [6.07, 6.45) is 2.14. The van der Waals surface area contributed by atoms with Crippen molar-refractivity contribution < 1.29 is 19.0 Å². The van der Waals surface area contributed by atoms with Crippen molar-refractivity contribution in [1.29, 1.82) is 0 Å². The summed E-state index contributed by atoms with van der Waals surface area (Å²) in [5, 5.41) is 2.80. The molecule has 0 unspecified atom stereocenters. The second-order valence-corrected chi connectivity index (χ2v) is 4.19. The van der Waals surface area contributed by atoms with E-state index in [0.717, 1.165) is 5.56 Å². The van der Waals surface area contributed by atoms with Crippen LogP contribution in [0.3, 0.4) is 0 Å². The van der Waals surface area contributed by atoms with Crippen molar-refractivity contribution in [2.45, 2.75) is 13.3 Å². The van der Waals surface area contributed by atoms with Gasteiger partial charge in [-0.2, -0.15) is 0 Å². The van der Waals surface area contributed by atoms with Gasteiger partial charge in [0.15, 0.2) is 11.5 Å². The van der Waals surface area contributed by atoms with E-state index >= 15 is 0 Å². The van der Waals surface area contributed by atoms with Gasteiger partial charge in [-0.1, -0.05) is 6.07 Å². The minimum Gasteiger partial charge on any atom is -0.501 e. The molecular weight excluding hydrogens is 258 g/mol. The maximum absolute atomic E-state index is 11.5. The summed E-state index contributed by atoms with van der Waals surface area (Å²) in [7, 11) is 4.73. The molecular formula is C15H21NO4. The van der Waals surface area contributed by atoms with E-state index in [1.54, 1.807) is 21.1 Å². The molecule has 1 rings (SSSR count). The average molecular weight is 279 g/mol. The van der Waals surface area contributed by atoms with Crippen molar-refractivity contribution in [2.24, 2.45) is 0 Å². The van der Waals surface area contributed by atoms with Crippen LogP contribution in [0.4, 0.5) is 0 Å². The standard InChI is InChI=1S/C15H21NO4/c1-11(18-2)9-15(17)16-8-7-12-5-6-13(19-3)14(10-12)20-4/h5-6,9-10H,7-8H2,1-4H3,(H,16,17). The van der Waals surface area contributed by atoms with E-state index in [1.165, 1.54) is 13.2 Å². The second kappa shape index (κ2) is 8.09. The van der Waals surface area contributed by atoms with Gasteiger partial charge in [0.2, 0.25) is 5.91 Å². The number of benzene rings is 1. The molecule has 5 nitrogen and oxygen atoms in total. The zero-order valence-corrected chi connectivity index (χ0v) is 12.4. The highest BCUT2D eigenvalue weighted by molar-refractivity contribution is 5.87. The van der Waals surface area contributed by atoms with E-state index in [9.17, 15) is 4.79 Å². The predicted octanol–water partition coefficient (Wildman–Crippen LogP) is 1.91. The molecule has 0 aliphatic carbocycles. The van der Waals surface area contributed by atoms with E-state index in [0.29, 0.717) is 30.2 Å². The predicted molar refractivity (Wildman–Crippen MR) is 77.0 cm³/mol. The van der Waals surface area contributed by atoms with Crippen LogP contribution in [-0.2, 0) is 16.0 Å². The molecule has 0 heterocycles. The van der Waals surface area contributed by atoms with Crippen LogP contribution < -0.4 is 14.8 Å². The van der Waals surface area contributed by atoms with Gasteiger partial charge in [0, 0.05) is 12.6 Å². The molecule has 20 heavy (non-hydrogen) atoms. The first-order chi connectivity index (χ1) is 9.60. The first-order valence-electron chi connectivity index (χ1n) is 6.31. The van der Waals surface area contributed by atoms with Gasteiger partial charge in [-0.05, 0) is 31.0 Å². The normalized spacial score (nSPS) is 10.9. The molecule has 1 N–H and O–H groups in total. The number of allylic oxidation sites excluding steroid dienone is 1. The molecule has 5 heteroatoms. The molecule has 0 atom stereocenters. The zero-order chi connectivity index (χ0) is 15.0. The molecule has 0 radical (unpaired) electrons. The molecule has 0 aromatic heterocycles. The number of ether oxygens (including phenoxy) is 3. The number of amides is 1. The minimum absolute atomic E-state index is 0.162. The summed E-state index contributed by atoms with van der Waals surface area (Å²) in [5.74, 6) is 1.80. The molecule has 0 saturated heterocycles. The third-order valence-corrected chi connectivity index (χ3v) is 2.82. The summed E-state index contributed by atoms with van der Waals surface area (Å²) in [6, 6.07) is 5.70.